The number of ether oxygens (including phenoxy) is 1. The highest BCUT2D eigenvalue weighted by atomic mass is 16.5. The maximum atomic E-state index is 10.2. The fourth-order valence-electron chi connectivity index (χ4n) is 2.44. The van der Waals surface area contributed by atoms with Gasteiger partial charge in [0, 0.05) is 5.39 Å². The molecule has 1 heterocycles. The minimum atomic E-state index is -0.781. The SMILES string of the molecule is Cc1cccc(C)c1OCC(O)c1cc2ccccc2o1. The van der Waals surface area contributed by atoms with Crippen molar-refractivity contribution in [2.75, 3.05) is 6.61 Å². The number of hydrogen-bond donors (Lipinski definition) is 1. The van der Waals surface area contributed by atoms with Crippen LogP contribution in [0.25, 0.3) is 11.0 Å². The smallest absolute Gasteiger partial charge is 0.145 e. The Kier molecular flexibility index (Phi) is 3.67. The number of rotatable bonds is 4. The topological polar surface area (TPSA) is 42.6 Å². The van der Waals surface area contributed by atoms with Crippen LogP contribution in [0.15, 0.2) is 52.9 Å². The lowest BCUT2D eigenvalue weighted by molar-refractivity contribution is 0.0897. The van der Waals surface area contributed by atoms with Gasteiger partial charge < -0.3 is 14.3 Å². The van der Waals surface area contributed by atoms with Crippen LogP contribution in [-0.4, -0.2) is 11.7 Å². The number of furan rings is 1. The van der Waals surface area contributed by atoms with Gasteiger partial charge >= 0.3 is 0 Å². The summed E-state index contributed by atoms with van der Waals surface area (Å²) in [4.78, 5) is 0. The zero-order valence-electron chi connectivity index (χ0n) is 12.2. The van der Waals surface area contributed by atoms with Gasteiger partial charge in [-0.05, 0) is 37.1 Å². The molecular formula is C18H18O3. The number of benzene rings is 2. The third-order valence-corrected chi connectivity index (χ3v) is 3.57. The van der Waals surface area contributed by atoms with E-state index in [1.54, 1.807) is 0 Å². The normalized spacial score (nSPS) is 12.5. The number of aliphatic hydroxyl groups is 1. The van der Waals surface area contributed by atoms with Gasteiger partial charge in [-0.15, -0.1) is 0 Å². The van der Waals surface area contributed by atoms with Crippen molar-refractivity contribution in [2.45, 2.75) is 20.0 Å². The molecular weight excluding hydrogens is 264 g/mol. The fraction of sp³-hybridized carbons (Fsp3) is 0.222. The molecule has 0 aliphatic carbocycles. The Morgan fingerprint density at radius 3 is 2.48 bits per heavy atom. The van der Waals surface area contributed by atoms with E-state index in [0.29, 0.717) is 5.76 Å². The fourth-order valence-corrected chi connectivity index (χ4v) is 2.44. The molecule has 1 N–H and O–H groups in total. The molecule has 0 fully saturated rings. The first-order valence-corrected chi connectivity index (χ1v) is 7.00. The van der Waals surface area contributed by atoms with Gasteiger partial charge in [0.2, 0.25) is 0 Å². The summed E-state index contributed by atoms with van der Waals surface area (Å²) in [5.41, 5.74) is 2.90. The average molecular weight is 282 g/mol. The lowest BCUT2D eigenvalue weighted by Crippen LogP contribution is -2.10. The summed E-state index contributed by atoms with van der Waals surface area (Å²) < 4.78 is 11.4. The van der Waals surface area contributed by atoms with Gasteiger partial charge in [-0.1, -0.05) is 36.4 Å². The first kappa shape index (κ1) is 13.7. The van der Waals surface area contributed by atoms with Crippen molar-refractivity contribution in [3.8, 4) is 5.75 Å². The van der Waals surface area contributed by atoms with Crippen molar-refractivity contribution in [3.63, 3.8) is 0 Å². The molecule has 3 rings (SSSR count). The van der Waals surface area contributed by atoms with Crippen LogP contribution in [0.5, 0.6) is 5.75 Å². The van der Waals surface area contributed by atoms with Crippen molar-refractivity contribution >= 4 is 11.0 Å². The third kappa shape index (κ3) is 2.78. The van der Waals surface area contributed by atoms with E-state index in [1.807, 2.05) is 62.4 Å². The first-order valence-electron chi connectivity index (χ1n) is 7.00. The Morgan fingerprint density at radius 1 is 1.05 bits per heavy atom. The maximum absolute atomic E-state index is 10.2. The van der Waals surface area contributed by atoms with E-state index < -0.39 is 6.10 Å². The van der Waals surface area contributed by atoms with Crippen LogP contribution < -0.4 is 4.74 Å². The molecule has 3 aromatic rings. The molecule has 1 aromatic heterocycles. The zero-order chi connectivity index (χ0) is 14.8. The molecule has 0 spiro atoms. The molecule has 0 aliphatic heterocycles. The van der Waals surface area contributed by atoms with Gasteiger partial charge in [-0.3, -0.25) is 0 Å². The van der Waals surface area contributed by atoms with Crippen LogP contribution in [0.4, 0.5) is 0 Å². The summed E-state index contributed by atoms with van der Waals surface area (Å²) in [6.45, 7) is 4.16. The van der Waals surface area contributed by atoms with E-state index in [4.69, 9.17) is 9.15 Å². The highest BCUT2D eigenvalue weighted by Gasteiger charge is 2.15. The molecule has 1 atom stereocenters. The number of hydrogen-bond acceptors (Lipinski definition) is 3. The number of aryl methyl sites for hydroxylation is 2. The van der Waals surface area contributed by atoms with Gasteiger partial charge in [0.15, 0.2) is 0 Å². The van der Waals surface area contributed by atoms with Crippen molar-refractivity contribution in [3.05, 3.63) is 65.4 Å². The summed E-state index contributed by atoms with van der Waals surface area (Å²) in [6, 6.07) is 15.5. The standard InChI is InChI=1S/C18H18O3/c1-12-6-5-7-13(2)18(12)20-11-15(19)17-10-14-8-3-4-9-16(14)21-17/h3-10,15,19H,11H2,1-2H3. The van der Waals surface area contributed by atoms with Crippen LogP contribution in [0.2, 0.25) is 0 Å². The largest absolute Gasteiger partial charge is 0.490 e. The Balaban J connectivity index is 1.75. The Hall–Kier alpha value is -2.26. The lowest BCUT2D eigenvalue weighted by Gasteiger charge is -2.14. The minimum Gasteiger partial charge on any atom is -0.490 e. The molecule has 108 valence electrons. The number of aliphatic hydroxyl groups excluding tert-OH is 1. The van der Waals surface area contributed by atoms with Crippen molar-refractivity contribution < 1.29 is 14.3 Å². The summed E-state index contributed by atoms with van der Waals surface area (Å²) in [5, 5.41) is 11.2. The highest BCUT2D eigenvalue weighted by molar-refractivity contribution is 5.77. The molecule has 0 saturated heterocycles. The van der Waals surface area contributed by atoms with E-state index in [0.717, 1.165) is 27.8 Å². The molecule has 0 saturated carbocycles. The molecule has 0 aliphatic rings. The van der Waals surface area contributed by atoms with Crippen molar-refractivity contribution in [1.82, 2.24) is 0 Å². The third-order valence-electron chi connectivity index (χ3n) is 3.57. The molecule has 1 unspecified atom stereocenters. The molecule has 3 heteroatoms. The van der Waals surface area contributed by atoms with E-state index in [2.05, 4.69) is 0 Å². The average Bonchev–Trinajstić information content (AvgIpc) is 2.90. The zero-order valence-corrected chi connectivity index (χ0v) is 12.2. The first-order chi connectivity index (χ1) is 10.1. The van der Waals surface area contributed by atoms with Gasteiger partial charge in [0.1, 0.15) is 29.8 Å². The Bertz CT molecular complexity index is 705. The van der Waals surface area contributed by atoms with Crippen LogP contribution in [0.3, 0.4) is 0 Å². The second kappa shape index (κ2) is 5.62. The lowest BCUT2D eigenvalue weighted by atomic mass is 10.1. The predicted molar refractivity (Wildman–Crippen MR) is 82.6 cm³/mol. The molecule has 0 amide bonds. The Morgan fingerprint density at radius 2 is 1.76 bits per heavy atom. The second-order valence-corrected chi connectivity index (χ2v) is 5.23. The molecule has 0 radical (unpaired) electrons. The summed E-state index contributed by atoms with van der Waals surface area (Å²) in [5.74, 6) is 1.36. The molecule has 0 bridgehead atoms. The van der Waals surface area contributed by atoms with Crippen LogP contribution in [0, 0.1) is 13.8 Å². The van der Waals surface area contributed by atoms with E-state index in [-0.39, 0.29) is 6.61 Å². The second-order valence-electron chi connectivity index (χ2n) is 5.23. The monoisotopic (exact) mass is 282 g/mol. The van der Waals surface area contributed by atoms with E-state index in [1.165, 1.54) is 0 Å². The van der Waals surface area contributed by atoms with Crippen molar-refractivity contribution in [2.24, 2.45) is 0 Å². The van der Waals surface area contributed by atoms with Gasteiger partial charge in [0.25, 0.3) is 0 Å². The van der Waals surface area contributed by atoms with Crippen LogP contribution in [-0.2, 0) is 0 Å². The molecule has 2 aromatic carbocycles. The van der Waals surface area contributed by atoms with E-state index in [9.17, 15) is 5.11 Å². The van der Waals surface area contributed by atoms with Gasteiger partial charge in [0.05, 0.1) is 0 Å². The van der Waals surface area contributed by atoms with Crippen molar-refractivity contribution in [1.29, 1.82) is 0 Å². The molecule has 3 nitrogen and oxygen atoms in total. The predicted octanol–water partition coefficient (Wildman–Crippen LogP) is 4.16. The van der Waals surface area contributed by atoms with Crippen LogP contribution >= 0.6 is 0 Å². The maximum Gasteiger partial charge on any atom is 0.145 e. The highest BCUT2D eigenvalue weighted by Crippen LogP contribution is 2.26. The summed E-state index contributed by atoms with van der Waals surface area (Å²) in [7, 11) is 0. The number of fused-ring (bicyclic) bond motifs is 1. The van der Waals surface area contributed by atoms with Gasteiger partial charge in [-0.25, -0.2) is 0 Å². The summed E-state index contributed by atoms with van der Waals surface area (Å²) >= 11 is 0. The quantitative estimate of drug-likeness (QED) is 0.781. The van der Waals surface area contributed by atoms with Crippen LogP contribution in [0.1, 0.15) is 23.0 Å². The van der Waals surface area contributed by atoms with E-state index >= 15 is 0 Å². The summed E-state index contributed by atoms with van der Waals surface area (Å²) in [6.07, 6.45) is -0.781. The number of para-hydroxylation sites is 2. The minimum absolute atomic E-state index is 0.172. The van der Waals surface area contributed by atoms with Gasteiger partial charge in [-0.2, -0.15) is 0 Å². The molecule has 21 heavy (non-hydrogen) atoms. The Labute approximate surface area is 123 Å².